The second-order valence-electron chi connectivity index (χ2n) is 5.34. The molecule has 1 aromatic rings. The van der Waals surface area contributed by atoms with E-state index in [4.69, 9.17) is 14.6 Å². The van der Waals surface area contributed by atoms with Gasteiger partial charge in [0.15, 0.2) is 5.79 Å². The van der Waals surface area contributed by atoms with Crippen LogP contribution in [0.1, 0.15) is 25.8 Å². The molecule has 1 saturated heterocycles. The predicted octanol–water partition coefficient (Wildman–Crippen LogP) is 2.17. The molecule has 1 unspecified atom stereocenters. The van der Waals surface area contributed by atoms with Crippen molar-refractivity contribution in [2.45, 2.75) is 38.6 Å². The van der Waals surface area contributed by atoms with E-state index < -0.39 is 5.79 Å². The minimum absolute atomic E-state index is 0.177. The molecule has 106 valence electrons. The number of aliphatic hydroxyl groups excluding tert-OH is 1. The Balaban J connectivity index is 1.71. The van der Waals surface area contributed by atoms with E-state index in [2.05, 4.69) is 5.32 Å². The van der Waals surface area contributed by atoms with E-state index in [0.29, 0.717) is 13.0 Å². The molecule has 0 aliphatic carbocycles. The molecule has 0 amide bonds. The quantitative estimate of drug-likeness (QED) is 0.827. The van der Waals surface area contributed by atoms with Crippen LogP contribution in [0.25, 0.3) is 0 Å². The van der Waals surface area contributed by atoms with Crippen LogP contribution >= 0.6 is 0 Å². The maximum atomic E-state index is 8.85. The van der Waals surface area contributed by atoms with E-state index in [1.165, 1.54) is 0 Å². The zero-order valence-electron chi connectivity index (χ0n) is 11.7. The highest BCUT2D eigenvalue weighted by molar-refractivity contribution is 5.44. The van der Waals surface area contributed by atoms with Crippen molar-refractivity contribution in [1.82, 2.24) is 0 Å². The Hall–Kier alpha value is -1.10. The van der Waals surface area contributed by atoms with Crippen LogP contribution in [0.15, 0.2) is 24.3 Å². The fourth-order valence-corrected chi connectivity index (χ4v) is 2.20. The van der Waals surface area contributed by atoms with Crippen LogP contribution in [0.5, 0.6) is 0 Å². The van der Waals surface area contributed by atoms with Gasteiger partial charge in [0.25, 0.3) is 0 Å². The average molecular weight is 265 g/mol. The summed E-state index contributed by atoms with van der Waals surface area (Å²) in [7, 11) is 0. The van der Waals surface area contributed by atoms with Gasteiger partial charge in [-0.15, -0.1) is 0 Å². The molecule has 19 heavy (non-hydrogen) atoms. The highest BCUT2D eigenvalue weighted by Crippen LogP contribution is 2.24. The third kappa shape index (κ3) is 4.49. The van der Waals surface area contributed by atoms with Gasteiger partial charge in [-0.2, -0.15) is 0 Å². The molecule has 0 spiro atoms. The molecule has 0 bridgehead atoms. The summed E-state index contributed by atoms with van der Waals surface area (Å²) < 4.78 is 11.3. The van der Waals surface area contributed by atoms with Crippen LogP contribution in [0, 0.1) is 0 Å². The lowest BCUT2D eigenvalue weighted by molar-refractivity contribution is -0.138. The standard InChI is InChI=1S/C15H23NO3/c1-15(2)18-11-14(19-15)7-9-16-13-5-3-12(4-6-13)8-10-17/h3-6,14,16-17H,7-11H2,1-2H3. The Labute approximate surface area is 114 Å². The summed E-state index contributed by atoms with van der Waals surface area (Å²) in [5.41, 5.74) is 2.25. The summed E-state index contributed by atoms with van der Waals surface area (Å²) >= 11 is 0. The number of hydrogen-bond acceptors (Lipinski definition) is 4. The molecule has 2 N–H and O–H groups in total. The molecule has 2 rings (SSSR count). The SMILES string of the molecule is CC1(C)OCC(CCNc2ccc(CCO)cc2)O1. The van der Waals surface area contributed by atoms with Gasteiger partial charge < -0.3 is 19.9 Å². The maximum absolute atomic E-state index is 8.85. The van der Waals surface area contributed by atoms with Gasteiger partial charge in [0, 0.05) is 18.8 Å². The van der Waals surface area contributed by atoms with Crippen molar-refractivity contribution in [3.63, 3.8) is 0 Å². The number of hydrogen-bond donors (Lipinski definition) is 2. The third-order valence-electron chi connectivity index (χ3n) is 3.22. The summed E-state index contributed by atoms with van der Waals surface area (Å²) in [6.07, 6.45) is 1.82. The molecular weight excluding hydrogens is 242 g/mol. The third-order valence-corrected chi connectivity index (χ3v) is 3.22. The van der Waals surface area contributed by atoms with E-state index >= 15 is 0 Å². The average Bonchev–Trinajstić information content (AvgIpc) is 2.72. The fraction of sp³-hybridized carbons (Fsp3) is 0.600. The van der Waals surface area contributed by atoms with Crippen LogP contribution in [-0.4, -0.2) is 36.8 Å². The lowest BCUT2D eigenvalue weighted by Gasteiger charge is -2.17. The highest BCUT2D eigenvalue weighted by atomic mass is 16.7. The van der Waals surface area contributed by atoms with Crippen LogP contribution in [0.3, 0.4) is 0 Å². The van der Waals surface area contributed by atoms with Crippen molar-refractivity contribution in [2.24, 2.45) is 0 Å². The Morgan fingerprint density at radius 2 is 2.05 bits per heavy atom. The molecule has 0 saturated carbocycles. The summed E-state index contributed by atoms with van der Waals surface area (Å²) in [5, 5.41) is 12.2. The summed E-state index contributed by atoms with van der Waals surface area (Å²) in [6.45, 7) is 5.62. The van der Waals surface area contributed by atoms with Crippen molar-refractivity contribution in [1.29, 1.82) is 0 Å². The lowest BCUT2D eigenvalue weighted by Crippen LogP contribution is -2.22. The van der Waals surface area contributed by atoms with Crippen molar-refractivity contribution in [3.05, 3.63) is 29.8 Å². The van der Waals surface area contributed by atoms with Gasteiger partial charge in [-0.3, -0.25) is 0 Å². The molecule has 1 heterocycles. The molecule has 1 aliphatic heterocycles. The minimum Gasteiger partial charge on any atom is -0.396 e. The lowest BCUT2D eigenvalue weighted by atomic mass is 10.1. The Kier molecular flexibility index (Phi) is 4.80. The van der Waals surface area contributed by atoms with Crippen LogP contribution < -0.4 is 5.32 Å². The number of nitrogens with one attached hydrogen (secondary N) is 1. The van der Waals surface area contributed by atoms with Crippen LogP contribution in [0.2, 0.25) is 0 Å². The summed E-state index contributed by atoms with van der Waals surface area (Å²) in [6, 6.07) is 8.16. The molecule has 1 atom stereocenters. The molecule has 1 aromatic carbocycles. The van der Waals surface area contributed by atoms with Gasteiger partial charge in [-0.1, -0.05) is 12.1 Å². The van der Waals surface area contributed by atoms with Gasteiger partial charge >= 0.3 is 0 Å². The van der Waals surface area contributed by atoms with E-state index in [-0.39, 0.29) is 12.7 Å². The fourth-order valence-electron chi connectivity index (χ4n) is 2.20. The first-order valence-electron chi connectivity index (χ1n) is 6.84. The number of benzene rings is 1. The zero-order valence-corrected chi connectivity index (χ0v) is 11.7. The zero-order chi connectivity index (χ0) is 13.7. The van der Waals surface area contributed by atoms with Gasteiger partial charge in [-0.25, -0.2) is 0 Å². The van der Waals surface area contributed by atoms with Crippen molar-refractivity contribution >= 4 is 5.69 Å². The van der Waals surface area contributed by atoms with E-state index in [0.717, 1.165) is 24.2 Å². The van der Waals surface area contributed by atoms with Gasteiger partial charge in [0.05, 0.1) is 12.7 Å². The van der Waals surface area contributed by atoms with Gasteiger partial charge in [0.2, 0.25) is 0 Å². The topological polar surface area (TPSA) is 50.7 Å². The van der Waals surface area contributed by atoms with Crippen LogP contribution in [0.4, 0.5) is 5.69 Å². The normalized spacial score (nSPS) is 21.5. The molecular formula is C15H23NO3. The Morgan fingerprint density at radius 3 is 2.63 bits per heavy atom. The second kappa shape index (κ2) is 6.37. The number of ether oxygens (including phenoxy) is 2. The highest BCUT2D eigenvalue weighted by Gasteiger charge is 2.31. The van der Waals surface area contributed by atoms with Gasteiger partial charge in [0.1, 0.15) is 0 Å². The van der Waals surface area contributed by atoms with E-state index in [1.807, 2.05) is 38.1 Å². The first-order valence-corrected chi connectivity index (χ1v) is 6.84. The summed E-state index contributed by atoms with van der Waals surface area (Å²) in [4.78, 5) is 0. The largest absolute Gasteiger partial charge is 0.396 e. The first-order chi connectivity index (χ1) is 9.09. The van der Waals surface area contributed by atoms with Crippen molar-refractivity contribution < 1.29 is 14.6 Å². The molecule has 1 fully saturated rings. The molecule has 4 nitrogen and oxygen atoms in total. The van der Waals surface area contributed by atoms with E-state index in [1.54, 1.807) is 0 Å². The Morgan fingerprint density at radius 1 is 1.32 bits per heavy atom. The van der Waals surface area contributed by atoms with Crippen molar-refractivity contribution in [3.8, 4) is 0 Å². The minimum atomic E-state index is -0.434. The first kappa shape index (κ1) is 14.3. The number of anilines is 1. The van der Waals surface area contributed by atoms with Crippen molar-refractivity contribution in [2.75, 3.05) is 25.1 Å². The monoisotopic (exact) mass is 265 g/mol. The molecule has 1 aliphatic rings. The number of rotatable bonds is 6. The molecule has 0 aromatic heterocycles. The smallest absolute Gasteiger partial charge is 0.163 e. The molecule has 4 heteroatoms. The predicted molar refractivity (Wildman–Crippen MR) is 75.2 cm³/mol. The molecule has 0 radical (unpaired) electrons. The van der Waals surface area contributed by atoms with Crippen LogP contribution in [-0.2, 0) is 15.9 Å². The second-order valence-corrected chi connectivity index (χ2v) is 5.34. The maximum Gasteiger partial charge on any atom is 0.163 e. The number of aliphatic hydroxyl groups is 1. The summed E-state index contributed by atoms with van der Waals surface area (Å²) in [5.74, 6) is -0.434. The van der Waals surface area contributed by atoms with E-state index in [9.17, 15) is 0 Å². The Bertz CT molecular complexity index is 389. The van der Waals surface area contributed by atoms with Gasteiger partial charge in [-0.05, 0) is 44.4 Å².